The molecule has 3 heteroatoms. The molecule has 0 spiro atoms. The maximum absolute atomic E-state index is 8.76. The third-order valence-corrected chi connectivity index (χ3v) is 2.74. The van der Waals surface area contributed by atoms with Crippen LogP contribution in [0.3, 0.4) is 0 Å². The van der Waals surface area contributed by atoms with Crippen LogP contribution < -0.4 is 0 Å². The molecule has 0 amide bonds. The Kier molecular flexibility index (Phi) is 3.81. The lowest BCUT2D eigenvalue weighted by Gasteiger charge is -2.06. The second kappa shape index (κ2) is 5.52. The van der Waals surface area contributed by atoms with E-state index in [4.69, 9.17) is 5.11 Å². The lowest BCUT2D eigenvalue weighted by Crippen LogP contribution is -2.05. The summed E-state index contributed by atoms with van der Waals surface area (Å²) in [6.45, 7) is 4.62. The van der Waals surface area contributed by atoms with Crippen LogP contribution in [0.4, 0.5) is 0 Å². The Morgan fingerprint density at radius 3 is 2.72 bits per heavy atom. The molecule has 0 atom stereocenters. The van der Waals surface area contributed by atoms with Crippen LogP contribution in [0.5, 0.6) is 0 Å². The van der Waals surface area contributed by atoms with Crippen molar-refractivity contribution in [2.24, 2.45) is 0 Å². The van der Waals surface area contributed by atoms with Crippen LogP contribution >= 0.6 is 0 Å². The van der Waals surface area contributed by atoms with E-state index in [1.165, 1.54) is 0 Å². The minimum absolute atomic E-state index is 0.117. The van der Waals surface area contributed by atoms with Crippen molar-refractivity contribution in [3.8, 4) is 11.8 Å². The predicted molar refractivity (Wildman–Crippen MR) is 71.2 cm³/mol. The van der Waals surface area contributed by atoms with Crippen LogP contribution in [0.15, 0.2) is 30.3 Å². The number of rotatable bonds is 2. The van der Waals surface area contributed by atoms with Crippen molar-refractivity contribution in [3.63, 3.8) is 0 Å². The minimum atomic E-state index is -0.117. The Bertz CT molecular complexity index is 602. The zero-order valence-corrected chi connectivity index (χ0v) is 10.6. The first kappa shape index (κ1) is 12.4. The van der Waals surface area contributed by atoms with Gasteiger partial charge in [-0.1, -0.05) is 30.0 Å². The summed E-state index contributed by atoms with van der Waals surface area (Å²) < 4.78 is 1.97. The van der Waals surface area contributed by atoms with E-state index in [0.29, 0.717) is 6.54 Å². The van der Waals surface area contributed by atoms with Gasteiger partial charge in [-0.05, 0) is 31.5 Å². The number of aliphatic hydroxyl groups excluding tert-OH is 1. The fraction of sp³-hybridized carbons (Fsp3) is 0.267. The fourth-order valence-electron chi connectivity index (χ4n) is 1.91. The smallest absolute Gasteiger partial charge is 0.104 e. The number of aryl methyl sites for hydroxylation is 2. The average Bonchev–Trinajstić information content (AvgIpc) is 2.67. The molecule has 0 fully saturated rings. The first-order valence-electron chi connectivity index (χ1n) is 5.89. The molecule has 0 bridgehead atoms. The molecule has 2 aromatic rings. The molecule has 18 heavy (non-hydrogen) atoms. The van der Waals surface area contributed by atoms with Gasteiger partial charge >= 0.3 is 0 Å². The fourth-order valence-corrected chi connectivity index (χ4v) is 1.91. The third-order valence-electron chi connectivity index (χ3n) is 2.74. The summed E-state index contributed by atoms with van der Waals surface area (Å²) >= 11 is 0. The van der Waals surface area contributed by atoms with E-state index in [-0.39, 0.29) is 6.61 Å². The molecule has 0 unspecified atom stereocenters. The monoisotopic (exact) mass is 240 g/mol. The van der Waals surface area contributed by atoms with E-state index < -0.39 is 0 Å². The zero-order chi connectivity index (χ0) is 13.0. The molecule has 92 valence electrons. The maximum Gasteiger partial charge on any atom is 0.104 e. The highest BCUT2D eigenvalue weighted by Crippen LogP contribution is 2.11. The predicted octanol–water partition coefficient (Wildman–Crippen LogP) is 1.89. The minimum Gasteiger partial charge on any atom is -0.384 e. The van der Waals surface area contributed by atoms with Crippen LogP contribution in [-0.2, 0) is 6.54 Å². The van der Waals surface area contributed by atoms with Crippen molar-refractivity contribution in [1.82, 2.24) is 9.78 Å². The second-order valence-corrected chi connectivity index (χ2v) is 4.20. The van der Waals surface area contributed by atoms with E-state index >= 15 is 0 Å². The normalized spacial score (nSPS) is 9.94. The molecule has 1 aromatic heterocycles. The summed E-state index contributed by atoms with van der Waals surface area (Å²) in [4.78, 5) is 0. The molecule has 0 aliphatic heterocycles. The van der Waals surface area contributed by atoms with Gasteiger partial charge in [0.05, 0.1) is 12.2 Å². The SMILES string of the molecule is Cc1cc(C)n(Cc2ccccc2C#CCO)n1. The third kappa shape index (κ3) is 2.79. The van der Waals surface area contributed by atoms with Gasteiger partial charge in [0, 0.05) is 11.3 Å². The first-order chi connectivity index (χ1) is 8.70. The number of aliphatic hydroxyl groups is 1. The Hall–Kier alpha value is -2.05. The van der Waals surface area contributed by atoms with Gasteiger partial charge in [-0.15, -0.1) is 0 Å². The van der Waals surface area contributed by atoms with Crippen LogP contribution in [-0.4, -0.2) is 21.5 Å². The van der Waals surface area contributed by atoms with Gasteiger partial charge in [-0.25, -0.2) is 0 Å². The number of hydrogen-bond acceptors (Lipinski definition) is 2. The van der Waals surface area contributed by atoms with Gasteiger partial charge in [-0.2, -0.15) is 5.10 Å². The highest BCUT2D eigenvalue weighted by atomic mass is 16.2. The summed E-state index contributed by atoms with van der Waals surface area (Å²) in [6, 6.07) is 10.0. The van der Waals surface area contributed by atoms with Crippen molar-refractivity contribution < 1.29 is 5.11 Å². The highest BCUT2D eigenvalue weighted by Gasteiger charge is 2.04. The van der Waals surface area contributed by atoms with Crippen molar-refractivity contribution in [1.29, 1.82) is 0 Å². The molecule has 1 heterocycles. The quantitative estimate of drug-likeness (QED) is 0.814. The molecular weight excluding hydrogens is 224 g/mol. The summed E-state index contributed by atoms with van der Waals surface area (Å²) in [5.41, 5.74) is 4.22. The maximum atomic E-state index is 8.76. The number of benzene rings is 1. The van der Waals surface area contributed by atoms with Gasteiger partial charge in [0.15, 0.2) is 0 Å². The largest absolute Gasteiger partial charge is 0.384 e. The van der Waals surface area contributed by atoms with E-state index in [0.717, 1.165) is 22.5 Å². The van der Waals surface area contributed by atoms with Crippen LogP contribution in [0.1, 0.15) is 22.5 Å². The molecule has 3 nitrogen and oxygen atoms in total. The van der Waals surface area contributed by atoms with E-state index in [2.05, 4.69) is 23.0 Å². The van der Waals surface area contributed by atoms with Gasteiger partial charge in [-0.3, -0.25) is 4.68 Å². The van der Waals surface area contributed by atoms with Gasteiger partial charge in [0.25, 0.3) is 0 Å². The second-order valence-electron chi connectivity index (χ2n) is 4.20. The molecular formula is C15H16N2O. The Morgan fingerprint density at radius 2 is 2.06 bits per heavy atom. The molecule has 1 N–H and O–H groups in total. The molecule has 0 aliphatic rings. The number of aromatic nitrogens is 2. The molecule has 1 aromatic carbocycles. The zero-order valence-electron chi connectivity index (χ0n) is 10.6. The van der Waals surface area contributed by atoms with Gasteiger partial charge < -0.3 is 5.11 Å². The molecule has 0 saturated heterocycles. The van der Waals surface area contributed by atoms with Crippen molar-refractivity contribution in [3.05, 3.63) is 52.8 Å². The average molecular weight is 240 g/mol. The van der Waals surface area contributed by atoms with Crippen LogP contribution in [0.2, 0.25) is 0 Å². The summed E-state index contributed by atoms with van der Waals surface area (Å²) in [5, 5.41) is 13.2. The van der Waals surface area contributed by atoms with Crippen LogP contribution in [0, 0.1) is 25.7 Å². The lowest BCUT2D eigenvalue weighted by atomic mass is 10.1. The van der Waals surface area contributed by atoms with E-state index in [1.54, 1.807) is 0 Å². The summed E-state index contributed by atoms with van der Waals surface area (Å²) in [6.07, 6.45) is 0. The van der Waals surface area contributed by atoms with Gasteiger partial charge in [0.2, 0.25) is 0 Å². The van der Waals surface area contributed by atoms with Crippen molar-refractivity contribution in [2.75, 3.05) is 6.61 Å². The van der Waals surface area contributed by atoms with Gasteiger partial charge in [0.1, 0.15) is 6.61 Å². The van der Waals surface area contributed by atoms with Crippen molar-refractivity contribution in [2.45, 2.75) is 20.4 Å². The van der Waals surface area contributed by atoms with E-state index in [1.807, 2.05) is 42.8 Å². The topological polar surface area (TPSA) is 38.0 Å². The molecule has 0 radical (unpaired) electrons. The summed E-state index contributed by atoms with van der Waals surface area (Å²) in [7, 11) is 0. The number of hydrogen-bond donors (Lipinski definition) is 1. The molecule has 0 aliphatic carbocycles. The Balaban J connectivity index is 2.31. The highest BCUT2D eigenvalue weighted by molar-refractivity contribution is 5.41. The van der Waals surface area contributed by atoms with E-state index in [9.17, 15) is 0 Å². The molecule has 2 rings (SSSR count). The number of nitrogens with zero attached hydrogens (tertiary/aromatic N) is 2. The lowest BCUT2D eigenvalue weighted by molar-refractivity contribution is 0.350. The summed E-state index contributed by atoms with van der Waals surface area (Å²) in [5.74, 6) is 5.65. The first-order valence-corrected chi connectivity index (χ1v) is 5.89. The molecule has 0 saturated carbocycles. The standard InChI is InChI=1S/C15H16N2O/c1-12-10-13(2)17(16-12)11-15-7-4-3-6-14(15)8-5-9-18/h3-4,6-7,10,18H,9,11H2,1-2H3. The van der Waals surface area contributed by atoms with Crippen molar-refractivity contribution >= 4 is 0 Å². The van der Waals surface area contributed by atoms with Crippen LogP contribution in [0.25, 0.3) is 0 Å². The Labute approximate surface area is 107 Å². The Morgan fingerprint density at radius 1 is 1.28 bits per heavy atom.